The van der Waals surface area contributed by atoms with Gasteiger partial charge in [0, 0.05) is 19.3 Å². The lowest BCUT2D eigenvalue weighted by Crippen LogP contribution is -2.38. The third-order valence-corrected chi connectivity index (χ3v) is 5.55. The van der Waals surface area contributed by atoms with Crippen LogP contribution in [0.1, 0.15) is 28.3 Å². The van der Waals surface area contributed by atoms with Crippen LogP contribution in [0.2, 0.25) is 5.15 Å². The number of likely N-dealkylation sites (N-methyl/N-ethyl adjacent to an activating group) is 1. The molecule has 0 saturated heterocycles. The summed E-state index contributed by atoms with van der Waals surface area (Å²) in [5.74, 6) is -0.266. The number of anilines is 2. The van der Waals surface area contributed by atoms with Crippen molar-refractivity contribution >= 4 is 29.0 Å². The number of alkyl halides is 3. The van der Waals surface area contributed by atoms with E-state index in [0.29, 0.717) is 5.69 Å². The highest BCUT2D eigenvalue weighted by Gasteiger charge is 2.39. The highest BCUT2D eigenvalue weighted by atomic mass is 35.5. The normalized spacial score (nSPS) is 15.7. The average Bonchev–Trinajstić information content (AvgIpc) is 3.11. The fraction of sp³-hybridized carbons (Fsp3) is 0.217. The Kier molecular flexibility index (Phi) is 5.39. The van der Waals surface area contributed by atoms with Crippen molar-refractivity contribution in [3.05, 3.63) is 88.1 Å². The van der Waals surface area contributed by atoms with Crippen LogP contribution in [0.3, 0.4) is 0 Å². The topological polar surface area (TPSA) is 36.4 Å². The number of aryl methyl sites for hydroxylation is 1. The second-order valence-electron chi connectivity index (χ2n) is 7.50. The van der Waals surface area contributed by atoms with Gasteiger partial charge in [-0.2, -0.15) is 13.2 Å². The zero-order chi connectivity index (χ0) is 22.3. The quantitative estimate of drug-likeness (QED) is 0.479. The van der Waals surface area contributed by atoms with Crippen LogP contribution in [0.5, 0.6) is 0 Å². The van der Waals surface area contributed by atoms with Gasteiger partial charge in [0.05, 0.1) is 5.56 Å². The molecule has 1 aliphatic rings. The van der Waals surface area contributed by atoms with Crippen molar-refractivity contribution in [2.75, 3.05) is 16.8 Å². The third kappa shape index (κ3) is 4.10. The first-order valence-electron chi connectivity index (χ1n) is 9.58. The molecule has 0 N–H and O–H groups in total. The van der Waals surface area contributed by atoms with Gasteiger partial charge in [-0.05, 0) is 47.9 Å². The van der Waals surface area contributed by atoms with Crippen molar-refractivity contribution in [3.8, 4) is 0 Å². The largest absolute Gasteiger partial charge is 0.416 e. The summed E-state index contributed by atoms with van der Waals surface area (Å²) in [7, 11) is 1.66. The van der Waals surface area contributed by atoms with E-state index in [9.17, 15) is 18.0 Å². The van der Waals surface area contributed by atoms with Crippen molar-refractivity contribution in [1.29, 1.82) is 0 Å². The van der Waals surface area contributed by atoms with Crippen LogP contribution in [0.15, 0.2) is 60.7 Å². The molecule has 1 aliphatic heterocycles. The minimum Gasteiger partial charge on any atom is -0.336 e. The van der Waals surface area contributed by atoms with Crippen LogP contribution in [-0.4, -0.2) is 17.9 Å². The number of nitrogens with zero attached hydrogens (tertiary/aromatic N) is 3. The third-order valence-electron chi connectivity index (χ3n) is 5.36. The molecule has 1 atom stereocenters. The van der Waals surface area contributed by atoms with Gasteiger partial charge in [-0.3, -0.25) is 4.79 Å². The summed E-state index contributed by atoms with van der Waals surface area (Å²) in [6.07, 6.45) is -4.58. The van der Waals surface area contributed by atoms with Gasteiger partial charge in [0.15, 0.2) is 0 Å². The second kappa shape index (κ2) is 7.89. The van der Waals surface area contributed by atoms with Crippen LogP contribution in [0.25, 0.3) is 0 Å². The van der Waals surface area contributed by atoms with Crippen LogP contribution in [0, 0.1) is 6.92 Å². The number of benzene rings is 2. The molecule has 1 amide bonds. The lowest BCUT2D eigenvalue weighted by atomic mass is 10.0. The van der Waals surface area contributed by atoms with Gasteiger partial charge in [-0.25, -0.2) is 4.98 Å². The van der Waals surface area contributed by atoms with Gasteiger partial charge in [0.25, 0.3) is 5.91 Å². The van der Waals surface area contributed by atoms with E-state index < -0.39 is 17.8 Å². The summed E-state index contributed by atoms with van der Waals surface area (Å²) in [4.78, 5) is 20.8. The maximum Gasteiger partial charge on any atom is 0.416 e. The summed E-state index contributed by atoms with van der Waals surface area (Å²) in [5.41, 5.74) is 2.38. The molecule has 0 aliphatic carbocycles. The average molecular weight is 446 g/mol. The van der Waals surface area contributed by atoms with E-state index in [-0.39, 0.29) is 23.4 Å². The first-order valence-corrected chi connectivity index (χ1v) is 9.96. The predicted molar refractivity (Wildman–Crippen MR) is 114 cm³/mol. The standard InChI is InChI=1S/C23H19ClF3N3O/c1-14-6-5-8-17(10-14)29(2)22(31)21-18-9-4-3-7-15(18)13-30(21)20-12-16(23(25,26)27)11-19(24)28-20/h3-12,21H,13H2,1-2H3/t21-/m0/s1. The summed E-state index contributed by atoms with van der Waals surface area (Å²) < 4.78 is 40.1. The maximum atomic E-state index is 13.6. The Labute approximate surface area is 182 Å². The number of aromatic nitrogens is 1. The van der Waals surface area contributed by atoms with Crippen molar-refractivity contribution in [2.24, 2.45) is 0 Å². The maximum absolute atomic E-state index is 13.6. The number of halogens is 4. The van der Waals surface area contributed by atoms with E-state index in [0.717, 1.165) is 28.8 Å². The number of carbonyl (C=O) groups excluding carboxylic acids is 1. The number of pyridine rings is 1. The smallest absolute Gasteiger partial charge is 0.336 e. The fourth-order valence-electron chi connectivity index (χ4n) is 3.81. The minimum atomic E-state index is -4.58. The number of hydrogen-bond acceptors (Lipinski definition) is 3. The van der Waals surface area contributed by atoms with E-state index >= 15 is 0 Å². The summed E-state index contributed by atoms with van der Waals surface area (Å²) in [5, 5.41) is -0.279. The van der Waals surface area contributed by atoms with E-state index in [1.165, 1.54) is 4.90 Å². The van der Waals surface area contributed by atoms with Crippen molar-refractivity contribution in [3.63, 3.8) is 0 Å². The number of hydrogen-bond donors (Lipinski definition) is 0. The van der Waals surface area contributed by atoms with E-state index in [2.05, 4.69) is 4.98 Å². The van der Waals surface area contributed by atoms with Crippen molar-refractivity contribution in [1.82, 2.24) is 4.98 Å². The molecule has 2 aromatic carbocycles. The lowest BCUT2D eigenvalue weighted by molar-refractivity contribution is -0.137. The highest BCUT2D eigenvalue weighted by Crippen LogP contribution is 2.41. The van der Waals surface area contributed by atoms with Gasteiger partial charge >= 0.3 is 6.18 Å². The molecule has 4 rings (SSSR count). The minimum absolute atomic E-state index is 0.00650. The van der Waals surface area contributed by atoms with Crippen molar-refractivity contribution < 1.29 is 18.0 Å². The van der Waals surface area contributed by atoms with Crippen LogP contribution >= 0.6 is 11.6 Å². The van der Waals surface area contributed by atoms with Crippen LogP contribution < -0.4 is 9.80 Å². The zero-order valence-electron chi connectivity index (χ0n) is 16.8. The lowest BCUT2D eigenvalue weighted by Gasteiger charge is -2.30. The molecule has 0 bridgehead atoms. The molecule has 8 heteroatoms. The first kappa shape index (κ1) is 21.2. The molecule has 2 heterocycles. The Hall–Kier alpha value is -3.06. The van der Waals surface area contributed by atoms with E-state index in [1.54, 1.807) is 11.9 Å². The van der Waals surface area contributed by atoms with E-state index in [4.69, 9.17) is 11.6 Å². The Balaban J connectivity index is 1.78. The molecule has 0 unspecified atom stereocenters. The SMILES string of the molecule is Cc1cccc(N(C)C(=O)[C@@H]2c3ccccc3CN2c2cc(C(F)(F)F)cc(Cl)n2)c1. The van der Waals surface area contributed by atoms with Gasteiger partial charge < -0.3 is 9.80 Å². The molecule has 31 heavy (non-hydrogen) atoms. The zero-order valence-corrected chi connectivity index (χ0v) is 17.6. The second-order valence-corrected chi connectivity index (χ2v) is 7.89. The number of rotatable bonds is 3. The number of carbonyl (C=O) groups is 1. The van der Waals surface area contributed by atoms with Crippen molar-refractivity contribution in [2.45, 2.75) is 25.7 Å². The van der Waals surface area contributed by atoms with Gasteiger partial charge in [-0.1, -0.05) is 48.0 Å². The predicted octanol–water partition coefficient (Wildman–Crippen LogP) is 5.79. The fourth-order valence-corrected chi connectivity index (χ4v) is 4.01. The number of amides is 1. The summed E-state index contributed by atoms with van der Waals surface area (Å²) in [6, 6.07) is 15.7. The summed E-state index contributed by atoms with van der Waals surface area (Å²) in [6.45, 7) is 2.17. The molecule has 1 aromatic heterocycles. The van der Waals surface area contributed by atoms with Gasteiger partial charge in [0.2, 0.25) is 0 Å². The monoisotopic (exact) mass is 445 g/mol. The Morgan fingerprint density at radius 2 is 1.87 bits per heavy atom. The van der Waals surface area contributed by atoms with E-state index in [1.807, 2.05) is 55.5 Å². The molecule has 3 aromatic rings. The molecule has 0 saturated carbocycles. The molecule has 0 radical (unpaired) electrons. The molecule has 0 fully saturated rings. The Bertz CT molecular complexity index is 1150. The van der Waals surface area contributed by atoms with Gasteiger partial charge in [0.1, 0.15) is 17.0 Å². The molecule has 4 nitrogen and oxygen atoms in total. The first-order chi connectivity index (χ1) is 14.6. The van der Waals surface area contributed by atoms with Gasteiger partial charge in [-0.15, -0.1) is 0 Å². The Morgan fingerprint density at radius 3 is 2.58 bits per heavy atom. The van der Waals surface area contributed by atoms with Crippen LogP contribution in [0.4, 0.5) is 24.7 Å². The highest BCUT2D eigenvalue weighted by molar-refractivity contribution is 6.29. The molecule has 0 spiro atoms. The number of fused-ring (bicyclic) bond motifs is 1. The summed E-state index contributed by atoms with van der Waals surface area (Å²) >= 11 is 5.92. The Morgan fingerprint density at radius 1 is 1.13 bits per heavy atom. The van der Waals surface area contributed by atoms with Crippen LogP contribution in [-0.2, 0) is 17.5 Å². The molecule has 160 valence electrons. The molecular weight excluding hydrogens is 427 g/mol. The molecular formula is C23H19ClF3N3O.